The Morgan fingerprint density at radius 3 is 2.41 bits per heavy atom. The number of carbonyl (C=O) groups excluding carboxylic acids is 4. The number of hydrogen-bond acceptors (Lipinski definition) is 9. The number of sulfonamides is 1. The Bertz CT molecular complexity index is 1860. The second-order valence-corrected chi connectivity index (χ2v) is 17.2. The number of alkyl halides is 3. The van der Waals surface area contributed by atoms with Crippen LogP contribution in [0, 0.1) is 23.7 Å². The zero-order valence-corrected chi connectivity index (χ0v) is 31.8. The number of thiazole rings is 1. The number of ether oxygens (including phenoxy) is 1. The van der Waals surface area contributed by atoms with Crippen LogP contribution in [-0.2, 0) is 41.7 Å². The van der Waals surface area contributed by atoms with Gasteiger partial charge in [-0.3, -0.25) is 24.4 Å². The minimum atomic E-state index is -4.69. The standard InChI is InChI=1S/C37H46F3N5O7S2/c1-5-8-9-10-15-45(4)35(48)28-19-23(18-27(28)32(46)43-31-21(6-2)16-29(31)33(47)44-54(50,51)25-12-13-25)52-36(49)42-30-17-22(37(38,39)40)11-14-26(30)34-41-20-24(7-3)53-34/h5-6,11,14,17,20-21,23,25,27-29,31H,1-2,7-10,12-13,15-16,18-19H2,3-4H3,(H,42,49)(H,43,46)(H,44,47)/t21-,23-,27-,28-,29?,31?/m1/s1. The van der Waals surface area contributed by atoms with E-state index < -0.39 is 74.8 Å². The largest absolute Gasteiger partial charge is 0.446 e. The summed E-state index contributed by atoms with van der Waals surface area (Å²) in [5.74, 6) is -4.75. The highest BCUT2D eigenvalue weighted by molar-refractivity contribution is 7.90. The summed E-state index contributed by atoms with van der Waals surface area (Å²) in [5, 5.41) is 5.08. The molecule has 5 rings (SSSR count). The van der Waals surface area contributed by atoms with E-state index in [0.29, 0.717) is 37.2 Å². The number of halogens is 3. The minimum absolute atomic E-state index is 0.0395. The fourth-order valence-corrected chi connectivity index (χ4v) is 9.18. The van der Waals surface area contributed by atoms with Crippen molar-refractivity contribution >= 4 is 50.9 Å². The first kappa shape index (κ1) is 40.9. The monoisotopic (exact) mass is 793 g/mol. The Labute approximate surface area is 317 Å². The number of nitrogens with zero attached hydrogens (tertiary/aromatic N) is 2. The van der Waals surface area contributed by atoms with Gasteiger partial charge in [0.2, 0.25) is 27.7 Å². The Hall–Kier alpha value is -4.25. The molecule has 2 unspecified atom stereocenters. The third-order valence-corrected chi connectivity index (χ3v) is 13.3. The van der Waals surface area contributed by atoms with Crippen LogP contribution in [0.3, 0.4) is 0 Å². The van der Waals surface area contributed by atoms with Crippen molar-refractivity contribution < 1.29 is 45.5 Å². The van der Waals surface area contributed by atoms with Crippen molar-refractivity contribution in [3.63, 3.8) is 0 Å². The number of anilines is 1. The van der Waals surface area contributed by atoms with Crippen LogP contribution >= 0.6 is 11.3 Å². The Morgan fingerprint density at radius 1 is 1.06 bits per heavy atom. The zero-order chi connectivity index (χ0) is 39.4. The highest BCUT2D eigenvalue weighted by Crippen LogP contribution is 2.41. The number of amides is 4. The van der Waals surface area contributed by atoms with Crippen molar-refractivity contribution in [2.75, 3.05) is 18.9 Å². The number of carbonyl (C=O) groups is 4. The van der Waals surface area contributed by atoms with Gasteiger partial charge in [0.15, 0.2) is 0 Å². The van der Waals surface area contributed by atoms with E-state index in [9.17, 15) is 40.8 Å². The van der Waals surface area contributed by atoms with Gasteiger partial charge in [0.25, 0.3) is 0 Å². The summed E-state index contributed by atoms with van der Waals surface area (Å²) < 4.78 is 73.8. The molecule has 1 heterocycles. The van der Waals surface area contributed by atoms with Crippen molar-refractivity contribution in [2.24, 2.45) is 23.7 Å². The highest BCUT2D eigenvalue weighted by Gasteiger charge is 2.50. The molecule has 4 amide bonds. The molecule has 12 nitrogen and oxygen atoms in total. The molecular weight excluding hydrogens is 748 g/mol. The molecule has 0 spiro atoms. The smallest absolute Gasteiger partial charge is 0.416 e. The van der Waals surface area contributed by atoms with Crippen LogP contribution in [0.4, 0.5) is 23.7 Å². The van der Waals surface area contributed by atoms with Crippen LogP contribution in [0.5, 0.6) is 0 Å². The first-order valence-corrected chi connectivity index (χ1v) is 20.4. The molecule has 3 aliphatic rings. The van der Waals surface area contributed by atoms with Gasteiger partial charge in [0.05, 0.1) is 34.3 Å². The molecule has 1 aromatic carbocycles. The average Bonchev–Trinajstić information content (AvgIpc) is 3.74. The molecule has 0 radical (unpaired) electrons. The van der Waals surface area contributed by atoms with Gasteiger partial charge in [-0.1, -0.05) is 19.1 Å². The van der Waals surface area contributed by atoms with Gasteiger partial charge in [-0.05, 0) is 81.9 Å². The zero-order valence-electron chi connectivity index (χ0n) is 30.2. The van der Waals surface area contributed by atoms with Gasteiger partial charge in [-0.2, -0.15) is 13.2 Å². The summed E-state index contributed by atoms with van der Waals surface area (Å²) in [6.45, 7) is 9.80. The lowest BCUT2D eigenvalue weighted by Gasteiger charge is -2.43. The second kappa shape index (κ2) is 17.0. The minimum Gasteiger partial charge on any atom is -0.446 e. The molecule has 3 N–H and O–H groups in total. The number of hydrogen-bond donors (Lipinski definition) is 3. The molecule has 3 saturated carbocycles. The van der Waals surface area contributed by atoms with Crippen LogP contribution in [-0.4, -0.2) is 73.1 Å². The molecule has 54 heavy (non-hydrogen) atoms. The van der Waals surface area contributed by atoms with Crippen LogP contribution < -0.4 is 15.4 Å². The topological polar surface area (TPSA) is 164 Å². The molecule has 0 bridgehead atoms. The van der Waals surface area contributed by atoms with E-state index >= 15 is 0 Å². The van der Waals surface area contributed by atoms with E-state index in [4.69, 9.17) is 4.74 Å². The van der Waals surface area contributed by atoms with E-state index in [2.05, 4.69) is 33.5 Å². The molecule has 3 fully saturated rings. The van der Waals surface area contributed by atoms with E-state index in [0.717, 1.165) is 29.9 Å². The van der Waals surface area contributed by atoms with Crippen molar-refractivity contribution in [1.29, 1.82) is 0 Å². The number of aryl methyl sites for hydroxylation is 1. The third kappa shape index (κ3) is 9.70. The van der Waals surface area contributed by atoms with Crippen molar-refractivity contribution in [1.82, 2.24) is 19.9 Å². The molecule has 6 atom stereocenters. The lowest BCUT2D eigenvalue weighted by Crippen LogP contribution is -2.60. The van der Waals surface area contributed by atoms with E-state index in [1.807, 2.05) is 6.92 Å². The first-order chi connectivity index (χ1) is 25.6. The van der Waals surface area contributed by atoms with E-state index in [1.165, 1.54) is 22.3 Å². The number of unbranched alkanes of at least 4 members (excludes halogenated alkanes) is 2. The van der Waals surface area contributed by atoms with E-state index in [1.54, 1.807) is 25.4 Å². The van der Waals surface area contributed by atoms with Gasteiger partial charge in [-0.15, -0.1) is 24.5 Å². The fourth-order valence-electron chi connectivity index (χ4n) is 6.94. The number of nitrogens with one attached hydrogen (secondary N) is 3. The lowest BCUT2D eigenvalue weighted by molar-refractivity contribution is -0.141. The van der Waals surface area contributed by atoms with Crippen molar-refractivity contribution in [3.05, 3.63) is 60.1 Å². The summed E-state index contributed by atoms with van der Waals surface area (Å²) in [6, 6.07) is 2.17. The summed E-state index contributed by atoms with van der Waals surface area (Å²) in [4.78, 5) is 60.8. The van der Waals surface area contributed by atoms with Crippen LogP contribution in [0.15, 0.2) is 49.7 Å². The third-order valence-electron chi connectivity index (χ3n) is 10.3. The van der Waals surface area contributed by atoms with Crippen molar-refractivity contribution in [2.45, 2.75) is 88.3 Å². The molecule has 0 saturated heterocycles. The van der Waals surface area contributed by atoms with Gasteiger partial charge < -0.3 is 15.0 Å². The summed E-state index contributed by atoms with van der Waals surface area (Å²) >= 11 is 1.28. The molecule has 294 valence electrons. The SMILES string of the molecule is C=CCCCCN(C)C(=O)[C@@H]1C[C@H](OC(=O)Nc2cc(C(F)(F)F)ccc2-c2ncc(CC)s2)C[C@H]1C(=O)NC1C(C(=O)NS(=O)(=O)C2CC2)C[C@H]1C=C. The molecule has 0 aliphatic heterocycles. The van der Waals surface area contributed by atoms with Gasteiger partial charge in [0, 0.05) is 36.3 Å². The number of aromatic nitrogens is 1. The second-order valence-electron chi connectivity index (χ2n) is 14.1. The van der Waals surface area contributed by atoms with Crippen LogP contribution in [0.1, 0.15) is 68.7 Å². The average molecular weight is 794 g/mol. The summed E-state index contributed by atoms with van der Waals surface area (Å²) in [5.41, 5.74) is -0.890. The van der Waals surface area contributed by atoms with Crippen molar-refractivity contribution in [3.8, 4) is 10.6 Å². The molecular formula is C37H46F3N5O7S2. The van der Waals surface area contributed by atoms with Gasteiger partial charge >= 0.3 is 12.3 Å². The normalized spacial score (nSPS) is 23.8. The molecule has 17 heteroatoms. The maximum Gasteiger partial charge on any atom is 0.416 e. The number of allylic oxidation sites excluding steroid dienone is 1. The fraction of sp³-hybridized carbons (Fsp3) is 0.541. The maximum absolute atomic E-state index is 14.0. The Kier molecular flexibility index (Phi) is 12.9. The summed E-state index contributed by atoms with van der Waals surface area (Å²) in [6.07, 6.45) is 2.22. The van der Waals surface area contributed by atoms with Crippen LogP contribution in [0.25, 0.3) is 10.6 Å². The predicted molar refractivity (Wildman–Crippen MR) is 198 cm³/mol. The summed E-state index contributed by atoms with van der Waals surface area (Å²) in [7, 11) is -2.20. The quantitative estimate of drug-likeness (QED) is 0.136. The van der Waals surface area contributed by atoms with Crippen LogP contribution in [0.2, 0.25) is 0 Å². The Morgan fingerprint density at radius 2 is 1.78 bits per heavy atom. The molecule has 1 aromatic heterocycles. The van der Waals surface area contributed by atoms with E-state index in [-0.39, 0.29) is 42.3 Å². The molecule has 2 aromatic rings. The Balaban J connectivity index is 1.33. The number of benzene rings is 1. The van der Waals surface area contributed by atoms with Gasteiger partial charge in [-0.25, -0.2) is 18.2 Å². The maximum atomic E-state index is 14.0. The molecule has 3 aliphatic carbocycles. The lowest BCUT2D eigenvalue weighted by atomic mass is 9.69. The number of rotatable bonds is 16. The highest BCUT2D eigenvalue weighted by atomic mass is 32.2. The first-order valence-electron chi connectivity index (χ1n) is 18.0. The van der Waals surface area contributed by atoms with Gasteiger partial charge in [0.1, 0.15) is 11.1 Å². The predicted octanol–water partition coefficient (Wildman–Crippen LogP) is 6.06.